The van der Waals surface area contributed by atoms with E-state index in [2.05, 4.69) is 4.72 Å². The summed E-state index contributed by atoms with van der Waals surface area (Å²) in [5.41, 5.74) is 5.49. The summed E-state index contributed by atoms with van der Waals surface area (Å²) in [6.45, 7) is 1.70. The Morgan fingerprint density at radius 2 is 2.15 bits per heavy atom. The number of nitrogens with two attached hydrogens (primary N) is 1. The van der Waals surface area contributed by atoms with Crippen molar-refractivity contribution in [2.24, 2.45) is 11.7 Å². The predicted molar refractivity (Wildman–Crippen MR) is 76.4 cm³/mol. The van der Waals surface area contributed by atoms with Crippen molar-refractivity contribution in [1.82, 2.24) is 4.72 Å². The van der Waals surface area contributed by atoms with E-state index in [-0.39, 0.29) is 23.2 Å². The Morgan fingerprint density at radius 3 is 2.65 bits per heavy atom. The standard InChI is InChI=1S/C13H18ClFN2O2S/c1-8(9-3-2-4-9)17-20(18,19)12-6-11(14)5-10(7-16)13(12)15/h5-6,8-9,17H,2-4,7,16H2,1H3. The van der Waals surface area contributed by atoms with E-state index in [1.165, 1.54) is 6.07 Å². The second kappa shape index (κ2) is 5.97. The Bertz CT molecular complexity index is 603. The van der Waals surface area contributed by atoms with Crippen LogP contribution in [0.5, 0.6) is 0 Å². The smallest absolute Gasteiger partial charge is 0.243 e. The number of hydrogen-bond acceptors (Lipinski definition) is 3. The lowest BCUT2D eigenvalue weighted by Crippen LogP contribution is -2.41. The second-order valence-electron chi connectivity index (χ2n) is 5.18. The van der Waals surface area contributed by atoms with Gasteiger partial charge in [0, 0.05) is 23.2 Å². The van der Waals surface area contributed by atoms with Gasteiger partial charge in [0.2, 0.25) is 10.0 Å². The van der Waals surface area contributed by atoms with Crippen LogP contribution in [0.3, 0.4) is 0 Å². The third-order valence-corrected chi connectivity index (χ3v) is 5.56. The molecule has 2 rings (SSSR count). The quantitative estimate of drug-likeness (QED) is 0.875. The van der Waals surface area contributed by atoms with Crippen LogP contribution in [-0.2, 0) is 16.6 Å². The Kier molecular flexibility index (Phi) is 4.69. The van der Waals surface area contributed by atoms with Crippen molar-refractivity contribution in [3.63, 3.8) is 0 Å². The van der Waals surface area contributed by atoms with Crippen LogP contribution in [0.2, 0.25) is 5.02 Å². The van der Waals surface area contributed by atoms with Gasteiger partial charge in [-0.3, -0.25) is 0 Å². The third kappa shape index (κ3) is 3.14. The van der Waals surface area contributed by atoms with Gasteiger partial charge in [-0.25, -0.2) is 17.5 Å². The van der Waals surface area contributed by atoms with Crippen molar-refractivity contribution in [3.05, 3.63) is 28.5 Å². The van der Waals surface area contributed by atoms with Gasteiger partial charge in [-0.15, -0.1) is 0 Å². The number of benzene rings is 1. The molecule has 0 spiro atoms. The molecular weight excluding hydrogens is 303 g/mol. The van der Waals surface area contributed by atoms with Gasteiger partial charge in [0.25, 0.3) is 0 Å². The Morgan fingerprint density at radius 1 is 1.50 bits per heavy atom. The van der Waals surface area contributed by atoms with Crippen LogP contribution in [0.4, 0.5) is 4.39 Å². The molecule has 1 atom stereocenters. The van der Waals surface area contributed by atoms with Gasteiger partial charge in [-0.1, -0.05) is 18.0 Å². The maximum Gasteiger partial charge on any atom is 0.243 e. The molecule has 1 aliphatic rings. The second-order valence-corrected chi connectivity index (χ2v) is 7.30. The minimum atomic E-state index is -3.93. The highest BCUT2D eigenvalue weighted by Crippen LogP contribution is 2.31. The molecule has 0 heterocycles. The zero-order chi connectivity index (χ0) is 14.9. The van der Waals surface area contributed by atoms with Crippen molar-refractivity contribution in [2.75, 3.05) is 0 Å². The number of halogens is 2. The summed E-state index contributed by atoms with van der Waals surface area (Å²) in [6, 6.07) is 2.24. The fourth-order valence-electron chi connectivity index (χ4n) is 2.31. The first-order valence-corrected chi connectivity index (χ1v) is 8.41. The Hall–Kier alpha value is -0.690. The minimum absolute atomic E-state index is 0.0918. The van der Waals surface area contributed by atoms with Gasteiger partial charge in [0.15, 0.2) is 0 Å². The van der Waals surface area contributed by atoms with E-state index in [0.717, 1.165) is 25.3 Å². The maximum absolute atomic E-state index is 14.1. The Labute approximate surface area is 123 Å². The molecule has 0 saturated heterocycles. The summed E-state index contributed by atoms with van der Waals surface area (Å²) < 4.78 is 41.2. The van der Waals surface area contributed by atoms with Gasteiger partial charge in [-0.2, -0.15) is 0 Å². The summed E-state index contributed by atoms with van der Waals surface area (Å²) in [7, 11) is -3.93. The van der Waals surface area contributed by atoms with E-state index in [9.17, 15) is 12.8 Å². The molecule has 1 saturated carbocycles. The molecule has 1 fully saturated rings. The zero-order valence-electron chi connectivity index (χ0n) is 11.2. The van der Waals surface area contributed by atoms with Crippen molar-refractivity contribution in [2.45, 2.75) is 43.7 Å². The first kappa shape index (κ1) is 15.7. The van der Waals surface area contributed by atoms with Gasteiger partial charge in [0.05, 0.1) is 0 Å². The third-order valence-electron chi connectivity index (χ3n) is 3.79. The lowest BCUT2D eigenvalue weighted by molar-refractivity contribution is 0.260. The van der Waals surface area contributed by atoms with Gasteiger partial charge in [-0.05, 0) is 37.8 Å². The molecule has 0 bridgehead atoms. The van der Waals surface area contributed by atoms with Gasteiger partial charge in [0.1, 0.15) is 10.7 Å². The first-order valence-electron chi connectivity index (χ1n) is 6.55. The van der Waals surface area contributed by atoms with Crippen molar-refractivity contribution in [3.8, 4) is 0 Å². The average Bonchev–Trinajstić information content (AvgIpc) is 2.28. The molecule has 4 nitrogen and oxygen atoms in total. The Balaban J connectivity index is 2.31. The number of nitrogens with one attached hydrogen (secondary N) is 1. The number of rotatable bonds is 5. The SMILES string of the molecule is CC(NS(=O)(=O)c1cc(Cl)cc(CN)c1F)C1CCC1. The lowest BCUT2D eigenvalue weighted by Gasteiger charge is -2.31. The van der Waals surface area contributed by atoms with Crippen molar-refractivity contribution >= 4 is 21.6 Å². The largest absolute Gasteiger partial charge is 0.326 e. The van der Waals surface area contributed by atoms with E-state index in [1.807, 2.05) is 0 Å². The predicted octanol–water partition coefficient (Wildman–Crippen LogP) is 2.40. The minimum Gasteiger partial charge on any atom is -0.326 e. The van der Waals surface area contributed by atoms with Crippen molar-refractivity contribution in [1.29, 1.82) is 0 Å². The zero-order valence-corrected chi connectivity index (χ0v) is 12.8. The molecule has 1 aliphatic carbocycles. The summed E-state index contributed by atoms with van der Waals surface area (Å²) in [4.78, 5) is -0.434. The molecule has 0 aromatic heterocycles. The molecule has 20 heavy (non-hydrogen) atoms. The fourth-order valence-corrected chi connectivity index (χ4v) is 4.07. The summed E-state index contributed by atoms with van der Waals surface area (Å²) in [5.74, 6) is -0.508. The van der Waals surface area contributed by atoms with Crippen LogP contribution in [0.15, 0.2) is 17.0 Å². The first-order chi connectivity index (χ1) is 9.35. The van der Waals surface area contributed by atoms with Crippen LogP contribution >= 0.6 is 11.6 Å². The molecule has 0 radical (unpaired) electrons. The van der Waals surface area contributed by atoms with Crippen LogP contribution in [0.25, 0.3) is 0 Å². The summed E-state index contributed by atoms with van der Waals surface area (Å²) in [6.07, 6.45) is 3.10. The van der Waals surface area contributed by atoms with E-state index < -0.39 is 20.7 Å². The number of sulfonamides is 1. The highest BCUT2D eigenvalue weighted by Gasteiger charge is 2.30. The molecule has 3 N–H and O–H groups in total. The molecule has 0 amide bonds. The van der Waals surface area contributed by atoms with Crippen LogP contribution < -0.4 is 10.5 Å². The van der Waals surface area contributed by atoms with E-state index >= 15 is 0 Å². The summed E-state index contributed by atoms with van der Waals surface area (Å²) >= 11 is 5.83. The maximum atomic E-state index is 14.1. The molecule has 7 heteroatoms. The lowest BCUT2D eigenvalue weighted by atomic mass is 9.81. The van der Waals surface area contributed by atoms with Gasteiger partial charge < -0.3 is 5.73 Å². The monoisotopic (exact) mass is 320 g/mol. The van der Waals surface area contributed by atoms with E-state index in [1.54, 1.807) is 6.92 Å². The molecular formula is C13H18ClFN2O2S. The molecule has 1 aromatic rings. The highest BCUT2D eigenvalue weighted by molar-refractivity contribution is 7.89. The average molecular weight is 321 g/mol. The number of hydrogen-bond donors (Lipinski definition) is 2. The molecule has 1 aromatic carbocycles. The van der Waals surface area contributed by atoms with Crippen LogP contribution in [-0.4, -0.2) is 14.5 Å². The topological polar surface area (TPSA) is 72.2 Å². The van der Waals surface area contributed by atoms with Crippen molar-refractivity contribution < 1.29 is 12.8 Å². The van der Waals surface area contributed by atoms with E-state index in [0.29, 0.717) is 5.92 Å². The van der Waals surface area contributed by atoms with Crippen LogP contribution in [0, 0.1) is 11.7 Å². The van der Waals surface area contributed by atoms with Gasteiger partial charge >= 0.3 is 0 Å². The molecule has 1 unspecified atom stereocenters. The summed E-state index contributed by atoms with van der Waals surface area (Å²) in [5, 5.41) is 0.156. The normalized spacial score (nSPS) is 17.8. The fraction of sp³-hybridized carbons (Fsp3) is 0.538. The molecule has 0 aliphatic heterocycles. The molecule has 112 valence electrons. The van der Waals surface area contributed by atoms with E-state index in [4.69, 9.17) is 17.3 Å². The van der Waals surface area contributed by atoms with Crippen LogP contribution in [0.1, 0.15) is 31.7 Å². The highest BCUT2D eigenvalue weighted by atomic mass is 35.5.